The van der Waals surface area contributed by atoms with Crippen LogP contribution in [-0.2, 0) is 6.54 Å². The lowest BCUT2D eigenvalue weighted by atomic mass is 10.1. The smallest absolute Gasteiger partial charge is 0.272 e. The fourth-order valence-electron chi connectivity index (χ4n) is 3.20. The molecule has 2 amide bonds. The van der Waals surface area contributed by atoms with Gasteiger partial charge in [0.1, 0.15) is 5.69 Å². The maximum absolute atomic E-state index is 13.1. The van der Waals surface area contributed by atoms with E-state index in [0.29, 0.717) is 17.8 Å². The standard InChI is InChI=1S/C21H25N3O2/c1-16(2)24(15-17-8-4-3-5-9-17)20(25)18-10-11-22-19(14-18)21(26)23-12-6-7-13-23/h3-5,8-11,14,16H,6-7,12-13,15H2,1-2H3. The topological polar surface area (TPSA) is 53.5 Å². The van der Waals surface area contributed by atoms with Gasteiger partial charge in [0.25, 0.3) is 11.8 Å². The van der Waals surface area contributed by atoms with E-state index in [1.165, 1.54) is 0 Å². The number of amides is 2. The Bertz CT molecular complexity index is 768. The average molecular weight is 351 g/mol. The van der Waals surface area contributed by atoms with Crippen LogP contribution >= 0.6 is 0 Å². The molecule has 0 unspecified atom stereocenters. The molecule has 0 aliphatic carbocycles. The third-order valence-corrected chi connectivity index (χ3v) is 4.70. The molecule has 0 spiro atoms. The SMILES string of the molecule is CC(C)N(Cc1ccccc1)C(=O)c1ccnc(C(=O)N2CCCC2)c1. The molecule has 1 aromatic heterocycles. The second-order valence-electron chi connectivity index (χ2n) is 6.94. The summed E-state index contributed by atoms with van der Waals surface area (Å²) >= 11 is 0. The molecule has 2 heterocycles. The van der Waals surface area contributed by atoms with Crippen LogP contribution < -0.4 is 0 Å². The summed E-state index contributed by atoms with van der Waals surface area (Å²) in [6, 6.07) is 13.3. The Labute approximate surface area is 154 Å². The number of pyridine rings is 1. The fourth-order valence-corrected chi connectivity index (χ4v) is 3.20. The van der Waals surface area contributed by atoms with Gasteiger partial charge in [-0.1, -0.05) is 30.3 Å². The van der Waals surface area contributed by atoms with E-state index >= 15 is 0 Å². The number of carbonyl (C=O) groups excluding carboxylic acids is 2. The highest BCUT2D eigenvalue weighted by molar-refractivity contribution is 5.98. The summed E-state index contributed by atoms with van der Waals surface area (Å²) in [6.45, 7) is 6.07. The van der Waals surface area contributed by atoms with Gasteiger partial charge >= 0.3 is 0 Å². The summed E-state index contributed by atoms with van der Waals surface area (Å²) in [4.78, 5) is 33.4. The van der Waals surface area contributed by atoms with E-state index in [1.54, 1.807) is 23.2 Å². The van der Waals surface area contributed by atoms with Crippen molar-refractivity contribution in [3.8, 4) is 0 Å². The number of carbonyl (C=O) groups is 2. The summed E-state index contributed by atoms with van der Waals surface area (Å²) in [6.07, 6.45) is 3.61. The number of hydrogen-bond acceptors (Lipinski definition) is 3. The van der Waals surface area contributed by atoms with Crippen molar-refractivity contribution in [3.63, 3.8) is 0 Å². The lowest BCUT2D eigenvalue weighted by Gasteiger charge is -2.27. The average Bonchev–Trinajstić information content (AvgIpc) is 3.20. The Kier molecular flexibility index (Phi) is 5.66. The minimum atomic E-state index is -0.0868. The summed E-state index contributed by atoms with van der Waals surface area (Å²) in [5.74, 6) is -0.168. The third kappa shape index (κ3) is 4.10. The number of nitrogens with zero attached hydrogens (tertiary/aromatic N) is 3. The molecule has 0 bridgehead atoms. The number of hydrogen-bond donors (Lipinski definition) is 0. The van der Waals surface area contributed by atoms with Gasteiger partial charge in [0, 0.05) is 37.4 Å². The van der Waals surface area contributed by atoms with Gasteiger partial charge in [-0.25, -0.2) is 0 Å². The molecule has 0 atom stereocenters. The lowest BCUT2D eigenvalue weighted by Crippen LogP contribution is -2.36. The number of aromatic nitrogens is 1. The normalized spacial score (nSPS) is 13.9. The molecule has 0 radical (unpaired) electrons. The van der Waals surface area contributed by atoms with E-state index in [9.17, 15) is 9.59 Å². The van der Waals surface area contributed by atoms with Crippen LogP contribution in [0.1, 0.15) is 53.1 Å². The van der Waals surface area contributed by atoms with Crippen molar-refractivity contribution < 1.29 is 9.59 Å². The van der Waals surface area contributed by atoms with Crippen molar-refractivity contribution in [3.05, 3.63) is 65.5 Å². The van der Waals surface area contributed by atoms with Gasteiger partial charge in [0.2, 0.25) is 0 Å². The number of rotatable bonds is 5. The zero-order valence-corrected chi connectivity index (χ0v) is 15.4. The summed E-state index contributed by atoms with van der Waals surface area (Å²) < 4.78 is 0. The van der Waals surface area contributed by atoms with Gasteiger partial charge in [-0.3, -0.25) is 14.6 Å². The van der Waals surface area contributed by atoms with Gasteiger partial charge < -0.3 is 9.80 Å². The Morgan fingerprint density at radius 3 is 2.46 bits per heavy atom. The summed E-state index contributed by atoms with van der Waals surface area (Å²) in [7, 11) is 0. The third-order valence-electron chi connectivity index (χ3n) is 4.70. The molecular weight excluding hydrogens is 326 g/mol. The van der Waals surface area contributed by atoms with Crippen molar-refractivity contribution in [2.45, 2.75) is 39.3 Å². The molecule has 136 valence electrons. The van der Waals surface area contributed by atoms with Crippen LogP contribution in [0.25, 0.3) is 0 Å². The highest BCUT2D eigenvalue weighted by Gasteiger charge is 2.23. The van der Waals surface area contributed by atoms with E-state index < -0.39 is 0 Å². The Morgan fingerprint density at radius 2 is 1.81 bits per heavy atom. The molecule has 2 aromatic rings. The van der Waals surface area contributed by atoms with Gasteiger partial charge in [-0.15, -0.1) is 0 Å². The van der Waals surface area contributed by atoms with Crippen molar-refractivity contribution in [1.82, 2.24) is 14.8 Å². The molecule has 0 saturated carbocycles. The van der Waals surface area contributed by atoms with Crippen LogP contribution in [0.3, 0.4) is 0 Å². The largest absolute Gasteiger partial charge is 0.337 e. The molecule has 1 fully saturated rings. The van der Waals surface area contributed by atoms with Crippen molar-refractivity contribution >= 4 is 11.8 Å². The minimum absolute atomic E-state index is 0.0496. The van der Waals surface area contributed by atoms with Crippen LogP contribution in [0.4, 0.5) is 0 Å². The fraction of sp³-hybridized carbons (Fsp3) is 0.381. The van der Waals surface area contributed by atoms with Crippen LogP contribution in [-0.4, -0.2) is 45.7 Å². The quantitative estimate of drug-likeness (QED) is 0.830. The maximum Gasteiger partial charge on any atom is 0.272 e. The Balaban J connectivity index is 1.80. The first-order valence-corrected chi connectivity index (χ1v) is 9.16. The van der Waals surface area contributed by atoms with E-state index in [1.807, 2.05) is 49.1 Å². The lowest BCUT2D eigenvalue weighted by molar-refractivity contribution is 0.0690. The molecule has 5 nitrogen and oxygen atoms in total. The molecule has 1 saturated heterocycles. The molecular formula is C21H25N3O2. The molecule has 26 heavy (non-hydrogen) atoms. The molecule has 1 aromatic carbocycles. The molecule has 1 aliphatic rings. The van der Waals surface area contributed by atoms with Crippen LogP contribution in [0, 0.1) is 0 Å². The second-order valence-corrected chi connectivity index (χ2v) is 6.94. The van der Waals surface area contributed by atoms with Crippen molar-refractivity contribution in [2.75, 3.05) is 13.1 Å². The minimum Gasteiger partial charge on any atom is -0.337 e. The Morgan fingerprint density at radius 1 is 1.12 bits per heavy atom. The van der Waals surface area contributed by atoms with Gasteiger partial charge in [-0.2, -0.15) is 0 Å². The number of benzene rings is 1. The highest BCUT2D eigenvalue weighted by atomic mass is 16.2. The zero-order chi connectivity index (χ0) is 18.5. The van der Waals surface area contributed by atoms with Gasteiger partial charge in [-0.05, 0) is 44.4 Å². The first-order chi connectivity index (χ1) is 12.6. The van der Waals surface area contributed by atoms with E-state index in [4.69, 9.17) is 0 Å². The molecule has 5 heteroatoms. The zero-order valence-electron chi connectivity index (χ0n) is 15.4. The van der Waals surface area contributed by atoms with Crippen LogP contribution in [0.15, 0.2) is 48.7 Å². The van der Waals surface area contributed by atoms with Crippen molar-refractivity contribution in [1.29, 1.82) is 0 Å². The first-order valence-electron chi connectivity index (χ1n) is 9.16. The van der Waals surface area contributed by atoms with Crippen LogP contribution in [0.5, 0.6) is 0 Å². The second kappa shape index (κ2) is 8.13. The van der Waals surface area contributed by atoms with E-state index in [0.717, 1.165) is 31.5 Å². The molecule has 3 rings (SSSR count). The highest BCUT2D eigenvalue weighted by Crippen LogP contribution is 2.16. The van der Waals surface area contributed by atoms with Crippen LogP contribution in [0.2, 0.25) is 0 Å². The van der Waals surface area contributed by atoms with E-state index in [-0.39, 0.29) is 17.9 Å². The Hall–Kier alpha value is -2.69. The van der Waals surface area contributed by atoms with E-state index in [2.05, 4.69) is 4.98 Å². The molecule has 0 N–H and O–H groups in total. The van der Waals surface area contributed by atoms with Gasteiger partial charge in [0.15, 0.2) is 0 Å². The predicted molar refractivity (Wildman–Crippen MR) is 101 cm³/mol. The number of likely N-dealkylation sites (tertiary alicyclic amines) is 1. The predicted octanol–water partition coefficient (Wildman–Crippen LogP) is 3.37. The van der Waals surface area contributed by atoms with Crippen molar-refractivity contribution in [2.24, 2.45) is 0 Å². The monoisotopic (exact) mass is 351 g/mol. The molecule has 1 aliphatic heterocycles. The first kappa shape index (κ1) is 18.1. The summed E-state index contributed by atoms with van der Waals surface area (Å²) in [5.41, 5.74) is 1.94. The van der Waals surface area contributed by atoms with Gasteiger partial charge in [0.05, 0.1) is 0 Å². The maximum atomic E-state index is 13.1. The summed E-state index contributed by atoms with van der Waals surface area (Å²) in [5, 5.41) is 0.